The molecule has 2 aromatic heterocycles. The van der Waals surface area contributed by atoms with Gasteiger partial charge in [-0.05, 0) is 17.7 Å². The van der Waals surface area contributed by atoms with Gasteiger partial charge in [-0.15, -0.1) is 0 Å². The lowest BCUT2D eigenvalue weighted by Crippen LogP contribution is -1.86. The van der Waals surface area contributed by atoms with Crippen molar-refractivity contribution < 1.29 is 0 Å². The van der Waals surface area contributed by atoms with Crippen molar-refractivity contribution in [2.24, 2.45) is 0 Å². The molecule has 1 aromatic carbocycles. The zero-order chi connectivity index (χ0) is 11.7. The Morgan fingerprint density at radius 1 is 1.06 bits per heavy atom. The second kappa shape index (κ2) is 3.91. The number of rotatable bonds is 2. The number of hydrogen-bond donors (Lipinski definition) is 0. The second-order valence-electron chi connectivity index (χ2n) is 3.90. The minimum atomic E-state index is 0.968. The Labute approximate surface area is 99.9 Å². The highest BCUT2D eigenvalue weighted by molar-refractivity contribution is 5.65. The molecule has 0 N–H and O–H groups in total. The maximum atomic E-state index is 4.38. The van der Waals surface area contributed by atoms with Crippen molar-refractivity contribution in [1.82, 2.24) is 9.38 Å². The number of hydrogen-bond acceptors (Lipinski definition) is 1. The largest absolute Gasteiger partial charge is 0.300 e. The highest BCUT2D eigenvalue weighted by atomic mass is 15.0. The van der Waals surface area contributed by atoms with Gasteiger partial charge in [0.1, 0.15) is 5.65 Å². The molecule has 0 saturated heterocycles. The summed E-state index contributed by atoms with van der Waals surface area (Å²) in [5.74, 6) is 0. The molecular weight excluding hydrogens is 208 g/mol. The first-order valence-electron chi connectivity index (χ1n) is 5.53. The fourth-order valence-electron chi connectivity index (χ4n) is 1.94. The van der Waals surface area contributed by atoms with Gasteiger partial charge in [0, 0.05) is 11.8 Å². The summed E-state index contributed by atoms with van der Waals surface area (Å²) in [6.45, 7) is 3.76. The summed E-state index contributed by atoms with van der Waals surface area (Å²) in [4.78, 5) is 4.38. The molecule has 0 aliphatic heterocycles. The van der Waals surface area contributed by atoms with Crippen molar-refractivity contribution in [3.63, 3.8) is 0 Å². The van der Waals surface area contributed by atoms with E-state index in [9.17, 15) is 0 Å². The predicted octanol–water partition coefficient (Wildman–Crippen LogP) is 3.64. The van der Waals surface area contributed by atoms with Gasteiger partial charge in [0.05, 0.1) is 11.9 Å². The zero-order valence-electron chi connectivity index (χ0n) is 9.38. The van der Waals surface area contributed by atoms with Crippen molar-refractivity contribution >= 4 is 11.7 Å². The summed E-state index contributed by atoms with van der Waals surface area (Å²) < 4.78 is 2.09. The van der Waals surface area contributed by atoms with E-state index in [0.717, 1.165) is 22.5 Å². The monoisotopic (exact) mass is 220 g/mol. The van der Waals surface area contributed by atoms with E-state index in [2.05, 4.69) is 40.2 Å². The molecule has 0 aliphatic rings. The van der Waals surface area contributed by atoms with Gasteiger partial charge < -0.3 is 0 Å². The molecule has 2 heterocycles. The number of fused-ring (bicyclic) bond motifs is 1. The summed E-state index contributed by atoms with van der Waals surface area (Å²) in [6, 6.07) is 14.3. The molecule has 3 aromatic rings. The van der Waals surface area contributed by atoms with Crippen LogP contribution in [0.3, 0.4) is 0 Å². The van der Waals surface area contributed by atoms with E-state index in [-0.39, 0.29) is 0 Å². The van der Waals surface area contributed by atoms with Crippen LogP contribution in [0.15, 0.2) is 61.4 Å². The van der Waals surface area contributed by atoms with E-state index >= 15 is 0 Å². The minimum absolute atomic E-state index is 0.968. The summed E-state index contributed by atoms with van der Waals surface area (Å²) in [7, 11) is 0. The van der Waals surface area contributed by atoms with Crippen LogP contribution in [0.4, 0.5) is 0 Å². The van der Waals surface area contributed by atoms with Crippen LogP contribution in [-0.4, -0.2) is 9.38 Å². The van der Waals surface area contributed by atoms with Crippen LogP contribution in [0.25, 0.3) is 23.0 Å². The summed E-state index contributed by atoms with van der Waals surface area (Å²) in [5, 5.41) is 0. The van der Waals surface area contributed by atoms with Crippen LogP contribution in [0.5, 0.6) is 0 Å². The normalized spacial score (nSPS) is 10.6. The Balaban J connectivity index is 2.16. The molecule has 17 heavy (non-hydrogen) atoms. The van der Waals surface area contributed by atoms with Crippen molar-refractivity contribution in [1.29, 1.82) is 0 Å². The van der Waals surface area contributed by atoms with E-state index < -0.39 is 0 Å². The SMILES string of the molecule is C=Cc1ccc(-c2cnc3ccccn23)cc1. The van der Waals surface area contributed by atoms with Gasteiger partial charge in [0.25, 0.3) is 0 Å². The molecule has 0 unspecified atom stereocenters. The van der Waals surface area contributed by atoms with Gasteiger partial charge in [-0.25, -0.2) is 4.98 Å². The smallest absolute Gasteiger partial charge is 0.137 e. The van der Waals surface area contributed by atoms with Gasteiger partial charge in [-0.3, -0.25) is 4.40 Å². The Kier molecular flexibility index (Phi) is 2.26. The molecule has 0 spiro atoms. The first-order valence-corrected chi connectivity index (χ1v) is 5.53. The molecule has 3 rings (SSSR count). The number of nitrogens with zero attached hydrogens (tertiary/aromatic N) is 2. The van der Waals surface area contributed by atoms with Crippen LogP contribution >= 0.6 is 0 Å². The third-order valence-electron chi connectivity index (χ3n) is 2.86. The van der Waals surface area contributed by atoms with E-state index in [1.54, 1.807) is 0 Å². The van der Waals surface area contributed by atoms with E-state index in [4.69, 9.17) is 0 Å². The summed E-state index contributed by atoms with van der Waals surface area (Å²) in [5.41, 5.74) is 4.36. The van der Waals surface area contributed by atoms with E-state index in [1.165, 1.54) is 0 Å². The lowest BCUT2D eigenvalue weighted by Gasteiger charge is -2.02. The molecule has 0 amide bonds. The third-order valence-corrected chi connectivity index (χ3v) is 2.86. The molecule has 2 nitrogen and oxygen atoms in total. The van der Waals surface area contributed by atoms with Crippen LogP contribution < -0.4 is 0 Å². The highest BCUT2D eigenvalue weighted by Gasteiger charge is 2.04. The molecule has 0 aliphatic carbocycles. The molecule has 82 valence electrons. The number of benzene rings is 1. The van der Waals surface area contributed by atoms with Crippen LogP contribution in [0, 0.1) is 0 Å². The average molecular weight is 220 g/mol. The molecule has 0 atom stereocenters. The topological polar surface area (TPSA) is 17.3 Å². The van der Waals surface area contributed by atoms with E-state index in [1.807, 2.05) is 36.7 Å². The Bertz CT molecular complexity index is 663. The van der Waals surface area contributed by atoms with Crippen molar-refractivity contribution in [3.8, 4) is 11.3 Å². The number of pyridine rings is 1. The molecule has 0 fully saturated rings. The molecule has 0 bridgehead atoms. The maximum Gasteiger partial charge on any atom is 0.137 e. The lowest BCUT2D eigenvalue weighted by atomic mass is 10.1. The first kappa shape index (κ1) is 9.85. The van der Waals surface area contributed by atoms with Gasteiger partial charge in [0.15, 0.2) is 0 Å². The molecule has 0 saturated carbocycles. The average Bonchev–Trinajstić information content (AvgIpc) is 2.83. The quantitative estimate of drug-likeness (QED) is 0.644. The maximum absolute atomic E-state index is 4.38. The van der Waals surface area contributed by atoms with Gasteiger partial charge >= 0.3 is 0 Å². The summed E-state index contributed by atoms with van der Waals surface area (Å²) >= 11 is 0. The van der Waals surface area contributed by atoms with Gasteiger partial charge in [-0.2, -0.15) is 0 Å². The van der Waals surface area contributed by atoms with Crippen LogP contribution in [0.2, 0.25) is 0 Å². The van der Waals surface area contributed by atoms with Crippen molar-refractivity contribution in [2.45, 2.75) is 0 Å². The number of aromatic nitrogens is 2. The predicted molar refractivity (Wildman–Crippen MR) is 70.7 cm³/mol. The van der Waals surface area contributed by atoms with Gasteiger partial charge in [-0.1, -0.05) is 43.0 Å². The van der Waals surface area contributed by atoms with E-state index in [0.29, 0.717) is 0 Å². The molecule has 2 heteroatoms. The first-order chi connectivity index (χ1) is 8.38. The van der Waals surface area contributed by atoms with Crippen LogP contribution in [0.1, 0.15) is 5.56 Å². The highest BCUT2D eigenvalue weighted by Crippen LogP contribution is 2.21. The zero-order valence-corrected chi connectivity index (χ0v) is 9.38. The Morgan fingerprint density at radius 3 is 2.65 bits per heavy atom. The third kappa shape index (κ3) is 1.64. The van der Waals surface area contributed by atoms with Crippen molar-refractivity contribution in [3.05, 3.63) is 67.0 Å². The summed E-state index contributed by atoms with van der Waals surface area (Å²) in [6.07, 6.45) is 5.77. The number of imidazole rings is 1. The Hall–Kier alpha value is -2.35. The molecule has 0 radical (unpaired) electrons. The van der Waals surface area contributed by atoms with Crippen LogP contribution in [-0.2, 0) is 0 Å². The van der Waals surface area contributed by atoms with Gasteiger partial charge in [0.2, 0.25) is 0 Å². The second-order valence-corrected chi connectivity index (χ2v) is 3.90. The fraction of sp³-hybridized carbons (Fsp3) is 0. The minimum Gasteiger partial charge on any atom is -0.300 e. The van der Waals surface area contributed by atoms with Crippen molar-refractivity contribution in [2.75, 3.05) is 0 Å². The standard InChI is InChI=1S/C15H12N2/c1-2-12-6-8-13(9-7-12)14-11-16-15-5-3-4-10-17(14)15/h2-11H,1H2. The fourth-order valence-corrected chi connectivity index (χ4v) is 1.94. The lowest BCUT2D eigenvalue weighted by molar-refractivity contribution is 1.19. The molecular formula is C15H12N2. The Morgan fingerprint density at radius 2 is 1.88 bits per heavy atom.